The normalized spacial score (nSPS) is 10.4. The lowest BCUT2D eigenvalue weighted by molar-refractivity contribution is 0.393. The van der Waals surface area contributed by atoms with Gasteiger partial charge >= 0.3 is 0 Å². The van der Waals surface area contributed by atoms with Gasteiger partial charge < -0.3 is 10.1 Å². The van der Waals surface area contributed by atoms with E-state index in [1.54, 1.807) is 18.0 Å². The average Bonchev–Trinajstić information content (AvgIpc) is 2.64. The van der Waals surface area contributed by atoms with Crippen molar-refractivity contribution in [1.29, 1.82) is 0 Å². The van der Waals surface area contributed by atoms with Crippen LogP contribution in [0, 0.1) is 13.8 Å². The van der Waals surface area contributed by atoms with E-state index in [4.69, 9.17) is 4.74 Å². The van der Waals surface area contributed by atoms with Crippen LogP contribution in [0.2, 0.25) is 0 Å². The minimum Gasteiger partial charge on any atom is -0.478 e. The van der Waals surface area contributed by atoms with Gasteiger partial charge in [-0.2, -0.15) is 0 Å². The molecule has 17 heavy (non-hydrogen) atoms. The molecule has 0 bridgehead atoms. The Morgan fingerprint density at radius 1 is 1.35 bits per heavy atom. The number of nitrogens with one attached hydrogen (secondary N) is 1. The van der Waals surface area contributed by atoms with Crippen molar-refractivity contribution in [3.63, 3.8) is 0 Å². The van der Waals surface area contributed by atoms with E-state index in [0.29, 0.717) is 11.8 Å². The minimum atomic E-state index is 0.523. The number of rotatable bonds is 3. The first-order valence-corrected chi connectivity index (χ1v) is 5.25. The number of hydrogen-bond donors (Lipinski definition) is 1. The second-order valence-corrected chi connectivity index (χ2v) is 3.81. The number of anilines is 2. The lowest BCUT2D eigenvalue weighted by atomic mass is 10.3. The maximum absolute atomic E-state index is 5.14. The highest BCUT2D eigenvalue weighted by atomic mass is 16.5. The molecule has 0 unspecified atom stereocenters. The molecule has 2 aromatic heterocycles. The van der Waals surface area contributed by atoms with E-state index in [2.05, 4.69) is 20.4 Å². The van der Waals surface area contributed by atoms with Gasteiger partial charge in [0.25, 0.3) is 5.88 Å². The summed E-state index contributed by atoms with van der Waals surface area (Å²) in [6.07, 6.45) is 3.60. The Morgan fingerprint density at radius 3 is 2.76 bits per heavy atom. The Labute approximate surface area is 99.7 Å². The molecule has 0 spiro atoms. The van der Waals surface area contributed by atoms with Crippen molar-refractivity contribution in [2.24, 2.45) is 7.05 Å². The summed E-state index contributed by atoms with van der Waals surface area (Å²) in [7, 11) is 3.41. The first kappa shape index (κ1) is 11.4. The lowest BCUT2D eigenvalue weighted by Crippen LogP contribution is -2.00. The second-order valence-electron chi connectivity index (χ2n) is 3.81. The average molecular weight is 233 g/mol. The lowest BCUT2D eigenvalue weighted by Gasteiger charge is -2.05. The van der Waals surface area contributed by atoms with Gasteiger partial charge in [-0.15, -0.1) is 5.10 Å². The van der Waals surface area contributed by atoms with Crippen molar-refractivity contribution in [3.05, 3.63) is 23.7 Å². The van der Waals surface area contributed by atoms with Crippen LogP contribution in [0.3, 0.4) is 0 Å². The Morgan fingerprint density at radius 2 is 2.12 bits per heavy atom. The van der Waals surface area contributed by atoms with Crippen LogP contribution in [0.25, 0.3) is 0 Å². The summed E-state index contributed by atoms with van der Waals surface area (Å²) in [4.78, 5) is 8.54. The molecule has 0 saturated carbocycles. The monoisotopic (exact) mass is 233 g/mol. The molecule has 0 aliphatic carbocycles. The van der Waals surface area contributed by atoms with Gasteiger partial charge in [-0.3, -0.25) is 4.68 Å². The fraction of sp³-hybridized carbons (Fsp3) is 0.364. The van der Waals surface area contributed by atoms with Gasteiger partial charge in [0.05, 0.1) is 13.3 Å². The minimum absolute atomic E-state index is 0.523. The number of nitrogens with zero attached hydrogens (tertiary/aromatic N) is 4. The fourth-order valence-corrected chi connectivity index (χ4v) is 1.41. The summed E-state index contributed by atoms with van der Waals surface area (Å²) in [5.74, 6) is 1.06. The molecule has 6 nitrogen and oxygen atoms in total. The number of methoxy groups -OCH3 is 1. The van der Waals surface area contributed by atoms with Crippen molar-refractivity contribution in [2.75, 3.05) is 12.4 Å². The van der Waals surface area contributed by atoms with Gasteiger partial charge in [-0.05, 0) is 19.4 Å². The van der Waals surface area contributed by atoms with Gasteiger partial charge in [0, 0.05) is 18.9 Å². The quantitative estimate of drug-likeness (QED) is 0.871. The van der Waals surface area contributed by atoms with Crippen molar-refractivity contribution >= 4 is 11.6 Å². The first-order chi connectivity index (χ1) is 8.10. The summed E-state index contributed by atoms with van der Waals surface area (Å²) in [6.45, 7) is 3.92. The predicted molar refractivity (Wildman–Crippen MR) is 64.5 cm³/mol. The molecule has 0 aliphatic rings. The van der Waals surface area contributed by atoms with E-state index in [-0.39, 0.29) is 0 Å². The van der Waals surface area contributed by atoms with Crippen LogP contribution in [-0.4, -0.2) is 26.9 Å². The molecule has 2 heterocycles. The molecule has 0 radical (unpaired) electrons. The van der Waals surface area contributed by atoms with E-state index < -0.39 is 0 Å². The molecule has 0 amide bonds. The van der Waals surface area contributed by atoms with Gasteiger partial charge in [-0.1, -0.05) is 0 Å². The zero-order valence-electron chi connectivity index (χ0n) is 10.4. The molecular formula is C11H15N5O. The number of aryl methyl sites for hydroxylation is 3. The van der Waals surface area contributed by atoms with Crippen molar-refractivity contribution in [2.45, 2.75) is 13.8 Å². The van der Waals surface area contributed by atoms with Crippen LogP contribution in [-0.2, 0) is 7.05 Å². The molecule has 0 atom stereocenters. The van der Waals surface area contributed by atoms with Crippen molar-refractivity contribution in [1.82, 2.24) is 19.7 Å². The molecule has 0 aliphatic heterocycles. The summed E-state index contributed by atoms with van der Waals surface area (Å²) < 4.78 is 6.81. The molecular weight excluding hydrogens is 218 g/mol. The topological polar surface area (TPSA) is 64.9 Å². The zero-order valence-corrected chi connectivity index (χ0v) is 10.4. The second kappa shape index (κ2) is 4.40. The third kappa shape index (κ3) is 2.35. The van der Waals surface area contributed by atoms with Crippen LogP contribution in [0.5, 0.6) is 5.88 Å². The molecule has 2 aromatic rings. The van der Waals surface area contributed by atoms with Gasteiger partial charge in [0.15, 0.2) is 0 Å². The van der Waals surface area contributed by atoms with Gasteiger partial charge in [0.1, 0.15) is 5.69 Å². The largest absolute Gasteiger partial charge is 0.478 e. The molecule has 0 saturated heterocycles. The molecule has 1 N–H and O–H groups in total. The summed E-state index contributed by atoms with van der Waals surface area (Å²) >= 11 is 0. The van der Waals surface area contributed by atoms with Crippen LogP contribution in [0.1, 0.15) is 11.3 Å². The summed E-state index contributed by atoms with van der Waals surface area (Å²) in [6, 6.07) is 0. The Hall–Kier alpha value is -2.11. The molecule has 90 valence electrons. The third-order valence-electron chi connectivity index (χ3n) is 2.46. The smallest absolute Gasteiger partial charge is 0.256 e. The standard InChI is InChI=1S/C11H15N5O/c1-7-5-12-11(13-8(7)2)14-9-6-16(3)15-10(9)17-4/h5-6H,1-4H3,(H,12,13,14). The SMILES string of the molecule is COc1nn(C)cc1Nc1ncc(C)c(C)n1. The molecule has 2 rings (SSSR count). The maximum atomic E-state index is 5.14. The Bertz CT molecular complexity index is 535. The third-order valence-corrected chi connectivity index (χ3v) is 2.46. The maximum Gasteiger partial charge on any atom is 0.256 e. The molecule has 0 aromatic carbocycles. The van der Waals surface area contributed by atoms with E-state index >= 15 is 0 Å². The van der Waals surface area contributed by atoms with Crippen LogP contribution in [0.15, 0.2) is 12.4 Å². The van der Waals surface area contributed by atoms with E-state index in [9.17, 15) is 0 Å². The highest BCUT2D eigenvalue weighted by Crippen LogP contribution is 2.23. The number of ether oxygens (including phenoxy) is 1. The molecule has 0 fully saturated rings. The van der Waals surface area contributed by atoms with Crippen molar-refractivity contribution < 1.29 is 4.74 Å². The van der Waals surface area contributed by atoms with Gasteiger partial charge in [-0.25, -0.2) is 9.97 Å². The van der Waals surface area contributed by atoms with Crippen LogP contribution >= 0.6 is 0 Å². The van der Waals surface area contributed by atoms with Crippen molar-refractivity contribution in [3.8, 4) is 5.88 Å². The first-order valence-electron chi connectivity index (χ1n) is 5.25. The predicted octanol–water partition coefficient (Wildman–Crippen LogP) is 1.58. The highest BCUT2D eigenvalue weighted by molar-refractivity contribution is 5.58. The van der Waals surface area contributed by atoms with Crippen LogP contribution < -0.4 is 10.1 Å². The number of hydrogen-bond acceptors (Lipinski definition) is 5. The van der Waals surface area contributed by atoms with E-state index in [0.717, 1.165) is 16.9 Å². The van der Waals surface area contributed by atoms with E-state index in [1.807, 2.05) is 27.1 Å². The zero-order chi connectivity index (χ0) is 12.4. The van der Waals surface area contributed by atoms with E-state index in [1.165, 1.54) is 0 Å². The Balaban J connectivity index is 2.27. The highest BCUT2D eigenvalue weighted by Gasteiger charge is 2.09. The number of aromatic nitrogens is 4. The van der Waals surface area contributed by atoms with Gasteiger partial charge in [0.2, 0.25) is 5.95 Å². The Kier molecular flexibility index (Phi) is 2.95. The fourth-order valence-electron chi connectivity index (χ4n) is 1.41. The van der Waals surface area contributed by atoms with Crippen LogP contribution in [0.4, 0.5) is 11.6 Å². The summed E-state index contributed by atoms with van der Waals surface area (Å²) in [5, 5.41) is 7.22. The summed E-state index contributed by atoms with van der Waals surface area (Å²) in [5.41, 5.74) is 2.76. The molecule has 6 heteroatoms.